The average molecular weight is 290 g/mol. The van der Waals surface area contributed by atoms with Crippen molar-refractivity contribution in [2.75, 3.05) is 33.3 Å². The number of ether oxygens (including phenoxy) is 1. The fourth-order valence-electron chi connectivity index (χ4n) is 2.87. The zero-order valence-electron chi connectivity index (χ0n) is 13.1. The number of carbonyl (C=O) groups is 1. The summed E-state index contributed by atoms with van der Waals surface area (Å²) in [5.41, 5.74) is 2.94. The third kappa shape index (κ3) is 4.55. The standard InChI is InChI=1S/C17H26N2O2/c1-3-21-17(20)16(18-2)10-13-19-11-8-14-6-4-5-7-15(14)9-12-19/h4-7,16,18H,3,8-13H2,1-2H3. The number of fused-ring (bicyclic) bond motifs is 1. The van der Waals surface area contributed by atoms with Crippen molar-refractivity contribution < 1.29 is 9.53 Å². The van der Waals surface area contributed by atoms with Crippen LogP contribution in [0, 0.1) is 0 Å². The van der Waals surface area contributed by atoms with Gasteiger partial charge in [0.1, 0.15) is 6.04 Å². The summed E-state index contributed by atoms with van der Waals surface area (Å²) < 4.78 is 5.09. The molecule has 0 bridgehead atoms. The van der Waals surface area contributed by atoms with Gasteiger partial charge in [0.05, 0.1) is 6.61 Å². The molecule has 2 rings (SSSR count). The topological polar surface area (TPSA) is 41.6 Å². The maximum atomic E-state index is 11.8. The van der Waals surface area contributed by atoms with Crippen LogP contribution in [0.1, 0.15) is 24.5 Å². The van der Waals surface area contributed by atoms with E-state index in [4.69, 9.17) is 4.74 Å². The fraction of sp³-hybridized carbons (Fsp3) is 0.588. The Morgan fingerprint density at radius 1 is 1.29 bits per heavy atom. The van der Waals surface area contributed by atoms with Crippen LogP contribution in [0.15, 0.2) is 24.3 Å². The normalized spacial score (nSPS) is 16.9. The van der Waals surface area contributed by atoms with Gasteiger partial charge >= 0.3 is 5.97 Å². The minimum absolute atomic E-state index is 0.141. The van der Waals surface area contributed by atoms with Crippen LogP contribution in [0.25, 0.3) is 0 Å². The van der Waals surface area contributed by atoms with Crippen LogP contribution in [-0.2, 0) is 22.4 Å². The maximum Gasteiger partial charge on any atom is 0.323 e. The molecule has 4 nitrogen and oxygen atoms in total. The number of nitrogens with one attached hydrogen (secondary N) is 1. The van der Waals surface area contributed by atoms with E-state index in [0.717, 1.165) is 38.9 Å². The molecule has 0 amide bonds. The molecule has 0 radical (unpaired) electrons. The summed E-state index contributed by atoms with van der Waals surface area (Å²) in [6, 6.07) is 8.50. The van der Waals surface area contributed by atoms with Gasteiger partial charge in [-0.25, -0.2) is 0 Å². The molecule has 1 atom stereocenters. The summed E-state index contributed by atoms with van der Waals surface area (Å²) in [6.07, 6.45) is 2.99. The highest BCUT2D eigenvalue weighted by molar-refractivity contribution is 5.75. The molecule has 1 heterocycles. The van der Waals surface area contributed by atoms with Gasteiger partial charge in [0.2, 0.25) is 0 Å². The van der Waals surface area contributed by atoms with Crippen LogP contribution >= 0.6 is 0 Å². The smallest absolute Gasteiger partial charge is 0.323 e. The number of nitrogens with zero attached hydrogens (tertiary/aromatic N) is 1. The Hall–Kier alpha value is -1.39. The molecule has 116 valence electrons. The summed E-state index contributed by atoms with van der Waals surface area (Å²) in [6.45, 7) is 5.34. The van der Waals surface area contributed by atoms with E-state index < -0.39 is 0 Å². The van der Waals surface area contributed by atoms with E-state index in [1.54, 1.807) is 0 Å². The number of hydrogen-bond donors (Lipinski definition) is 1. The first-order valence-electron chi connectivity index (χ1n) is 7.87. The number of hydrogen-bond acceptors (Lipinski definition) is 4. The Bertz CT molecular complexity index is 435. The number of rotatable bonds is 6. The van der Waals surface area contributed by atoms with Gasteiger partial charge in [0.25, 0.3) is 0 Å². The van der Waals surface area contributed by atoms with E-state index in [1.165, 1.54) is 11.1 Å². The monoisotopic (exact) mass is 290 g/mol. The second-order valence-corrected chi connectivity index (χ2v) is 5.49. The molecule has 0 saturated carbocycles. The van der Waals surface area contributed by atoms with Crippen molar-refractivity contribution in [2.24, 2.45) is 0 Å². The Labute approximate surface area is 127 Å². The van der Waals surface area contributed by atoms with Crippen LogP contribution in [0.3, 0.4) is 0 Å². The zero-order chi connectivity index (χ0) is 15.1. The SMILES string of the molecule is CCOC(=O)C(CCN1CCc2ccccc2CC1)NC. The van der Waals surface area contributed by atoms with Gasteiger partial charge in [-0.1, -0.05) is 24.3 Å². The molecule has 0 fully saturated rings. The molecule has 1 unspecified atom stereocenters. The predicted molar refractivity (Wildman–Crippen MR) is 84.4 cm³/mol. The zero-order valence-corrected chi connectivity index (χ0v) is 13.1. The first kappa shape index (κ1) is 16.0. The maximum absolute atomic E-state index is 11.8. The molecule has 1 aliphatic heterocycles. The first-order chi connectivity index (χ1) is 10.2. The highest BCUT2D eigenvalue weighted by atomic mass is 16.5. The number of likely N-dealkylation sites (N-methyl/N-ethyl adjacent to an activating group) is 1. The van der Waals surface area contributed by atoms with Crippen molar-refractivity contribution in [1.82, 2.24) is 10.2 Å². The minimum atomic E-state index is -0.199. The van der Waals surface area contributed by atoms with Crippen molar-refractivity contribution in [1.29, 1.82) is 0 Å². The van der Waals surface area contributed by atoms with E-state index in [-0.39, 0.29) is 12.0 Å². The second-order valence-electron chi connectivity index (χ2n) is 5.49. The van der Waals surface area contributed by atoms with E-state index in [9.17, 15) is 4.79 Å². The number of esters is 1. The van der Waals surface area contributed by atoms with Crippen LogP contribution in [-0.4, -0.2) is 50.2 Å². The highest BCUT2D eigenvalue weighted by Crippen LogP contribution is 2.15. The lowest BCUT2D eigenvalue weighted by Crippen LogP contribution is -2.39. The summed E-state index contributed by atoms with van der Waals surface area (Å²) in [5.74, 6) is -0.141. The molecular weight excluding hydrogens is 264 g/mol. The average Bonchev–Trinajstić information content (AvgIpc) is 2.71. The van der Waals surface area contributed by atoms with Crippen molar-refractivity contribution in [3.05, 3.63) is 35.4 Å². The van der Waals surface area contributed by atoms with Gasteiger partial charge in [-0.05, 0) is 44.4 Å². The van der Waals surface area contributed by atoms with Gasteiger partial charge in [0.15, 0.2) is 0 Å². The third-order valence-corrected chi connectivity index (χ3v) is 4.17. The lowest BCUT2D eigenvalue weighted by Gasteiger charge is -2.22. The fourth-order valence-corrected chi connectivity index (χ4v) is 2.87. The molecule has 1 aliphatic rings. The molecule has 0 aromatic heterocycles. The van der Waals surface area contributed by atoms with Gasteiger partial charge < -0.3 is 15.0 Å². The molecule has 21 heavy (non-hydrogen) atoms. The molecule has 1 N–H and O–H groups in total. The summed E-state index contributed by atoms with van der Waals surface area (Å²) >= 11 is 0. The van der Waals surface area contributed by atoms with Crippen LogP contribution in [0.5, 0.6) is 0 Å². The largest absolute Gasteiger partial charge is 0.465 e. The number of carbonyl (C=O) groups excluding carboxylic acids is 1. The van der Waals surface area contributed by atoms with Crippen molar-refractivity contribution in [3.63, 3.8) is 0 Å². The van der Waals surface area contributed by atoms with Gasteiger partial charge in [0, 0.05) is 19.6 Å². The van der Waals surface area contributed by atoms with Crippen LogP contribution in [0.2, 0.25) is 0 Å². The Balaban J connectivity index is 1.83. The van der Waals surface area contributed by atoms with E-state index in [2.05, 4.69) is 34.5 Å². The molecule has 1 aromatic carbocycles. The molecule has 0 spiro atoms. The van der Waals surface area contributed by atoms with Crippen molar-refractivity contribution in [3.8, 4) is 0 Å². The lowest BCUT2D eigenvalue weighted by atomic mass is 10.0. The van der Waals surface area contributed by atoms with E-state index in [0.29, 0.717) is 6.61 Å². The molecule has 4 heteroatoms. The predicted octanol–water partition coefficient (Wildman–Crippen LogP) is 1.63. The third-order valence-electron chi connectivity index (χ3n) is 4.17. The van der Waals surface area contributed by atoms with E-state index >= 15 is 0 Å². The Morgan fingerprint density at radius 3 is 2.43 bits per heavy atom. The molecule has 0 saturated heterocycles. The van der Waals surface area contributed by atoms with Crippen molar-refractivity contribution >= 4 is 5.97 Å². The van der Waals surface area contributed by atoms with Crippen molar-refractivity contribution in [2.45, 2.75) is 32.2 Å². The molecule has 0 aliphatic carbocycles. The second kappa shape index (κ2) is 8.15. The van der Waals surface area contributed by atoms with Crippen LogP contribution in [0.4, 0.5) is 0 Å². The van der Waals surface area contributed by atoms with Gasteiger partial charge in [-0.15, -0.1) is 0 Å². The lowest BCUT2D eigenvalue weighted by molar-refractivity contribution is -0.145. The summed E-state index contributed by atoms with van der Waals surface area (Å²) in [5, 5.41) is 3.06. The minimum Gasteiger partial charge on any atom is -0.465 e. The first-order valence-corrected chi connectivity index (χ1v) is 7.87. The summed E-state index contributed by atoms with van der Waals surface area (Å²) in [4.78, 5) is 14.2. The highest BCUT2D eigenvalue weighted by Gasteiger charge is 2.20. The quantitative estimate of drug-likeness (QED) is 0.809. The molecule has 1 aromatic rings. The van der Waals surface area contributed by atoms with Gasteiger partial charge in [-0.3, -0.25) is 4.79 Å². The molecular formula is C17H26N2O2. The Morgan fingerprint density at radius 2 is 1.90 bits per heavy atom. The Kier molecular flexibility index (Phi) is 6.21. The van der Waals surface area contributed by atoms with E-state index in [1.807, 2.05) is 14.0 Å². The van der Waals surface area contributed by atoms with Gasteiger partial charge in [-0.2, -0.15) is 0 Å². The number of benzene rings is 1. The van der Waals surface area contributed by atoms with Crippen LogP contribution < -0.4 is 5.32 Å². The summed E-state index contributed by atoms with van der Waals surface area (Å²) in [7, 11) is 1.82.